The Morgan fingerprint density at radius 1 is 0.957 bits per heavy atom. The molecule has 0 unspecified atom stereocenters. The van der Waals surface area contributed by atoms with E-state index in [0.717, 1.165) is 56.6 Å². The van der Waals surface area contributed by atoms with Crippen molar-refractivity contribution in [2.24, 2.45) is 0 Å². The summed E-state index contributed by atoms with van der Waals surface area (Å²) in [6.45, 7) is 3.14. The molecule has 2 amide bonds. The molecule has 4 aromatic rings. The molecule has 0 spiro atoms. The molecule has 1 atom stereocenters. The molecule has 3 heterocycles. The molecule has 2 aliphatic rings. The van der Waals surface area contributed by atoms with Gasteiger partial charge in [0.15, 0.2) is 11.2 Å². The topological polar surface area (TPSA) is 86.1 Å². The lowest BCUT2D eigenvalue weighted by molar-refractivity contribution is -0.133. The maximum Gasteiger partial charge on any atom is 0.287 e. The lowest BCUT2D eigenvalue weighted by Gasteiger charge is -2.34. The van der Waals surface area contributed by atoms with Crippen LogP contribution in [0.3, 0.4) is 0 Å². The summed E-state index contributed by atoms with van der Waals surface area (Å²) in [6.07, 6.45) is 7.10. The first-order chi connectivity index (χ1) is 22.7. The highest BCUT2D eigenvalue weighted by Gasteiger charge is 2.23. The highest BCUT2D eigenvalue weighted by atomic mass is 35.5. The van der Waals surface area contributed by atoms with E-state index in [1.807, 2.05) is 60.3 Å². The van der Waals surface area contributed by atoms with Gasteiger partial charge in [0.2, 0.25) is 5.91 Å². The van der Waals surface area contributed by atoms with Gasteiger partial charge in [0.05, 0.1) is 11.4 Å². The number of carbonyl (C=O) groups is 2. The third kappa shape index (κ3) is 7.88. The second-order valence-corrected chi connectivity index (χ2v) is 13.1. The number of carbonyl (C=O) groups excluding carboxylic acids is 2. The summed E-state index contributed by atoms with van der Waals surface area (Å²) >= 11 is 6.14. The molecule has 2 fully saturated rings. The molecule has 2 saturated heterocycles. The van der Waals surface area contributed by atoms with Crippen molar-refractivity contribution in [3.8, 4) is 0 Å². The molecule has 9 heteroatoms. The molecule has 0 bridgehead atoms. The summed E-state index contributed by atoms with van der Waals surface area (Å²) in [7, 11) is 3.81. The van der Waals surface area contributed by atoms with Crippen LogP contribution in [-0.2, 0) is 17.8 Å². The maximum atomic E-state index is 13.5. The monoisotopic (exact) mass is 652 g/mol. The van der Waals surface area contributed by atoms with E-state index < -0.39 is 5.91 Å². The number of halogens is 1. The number of amides is 2. The van der Waals surface area contributed by atoms with Gasteiger partial charge in [-0.2, -0.15) is 0 Å². The Morgan fingerprint density at radius 3 is 2.47 bits per heavy atom. The van der Waals surface area contributed by atoms with Crippen molar-refractivity contribution in [1.82, 2.24) is 10.2 Å². The third-order valence-corrected chi connectivity index (χ3v) is 9.35. The van der Waals surface area contributed by atoms with E-state index in [9.17, 15) is 14.4 Å². The molecule has 47 heavy (non-hydrogen) atoms. The molecule has 3 aromatic carbocycles. The SMILES string of the molecule is CN(C)c1ccc2oc(C(=O)N[C@H](C=C3CCN(c4ccccc4CN4CCCCC4=O)CC3)Cc3ccc(Cl)cc3)cc(=O)c2c1. The minimum Gasteiger partial charge on any atom is -0.451 e. The van der Waals surface area contributed by atoms with Gasteiger partial charge in [-0.25, -0.2) is 0 Å². The van der Waals surface area contributed by atoms with Crippen LogP contribution in [0.15, 0.2) is 93.7 Å². The van der Waals surface area contributed by atoms with E-state index in [4.69, 9.17) is 16.0 Å². The second-order valence-electron chi connectivity index (χ2n) is 12.7. The number of fused-ring (bicyclic) bond motifs is 1. The molecule has 2 aliphatic heterocycles. The zero-order chi connectivity index (χ0) is 32.9. The van der Waals surface area contributed by atoms with Crippen molar-refractivity contribution in [1.29, 1.82) is 0 Å². The Hall–Kier alpha value is -4.56. The lowest BCUT2D eigenvalue weighted by atomic mass is 9.97. The number of nitrogens with zero attached hydrogens (tertiary/aromatic N) is 3. The molecule has 0 aliphatic carbocycles. The number of para-hydroxylation sites is 1. The van der Waals surface area contributed by atoms with Crippen LogP contribution in [0.4, 0.5) is 11.4 Å². The standard InChI is InChI=1S/C38H41ClN4O4/c1-41(2)31-14-15-35-32(23-31)34(44)24-36(47-35)38(46)40-30(21-26-10-12-29(39)13-11-26)22-27-16-19-42(20-17-27)33-8-4-3-7-28(33)25-43-18-6-5-9-37(43)45/h3-4,7-8,10-15,22-24,30H,5-6,9,16-21,25H2,1-2H3,(H,40,46)/t30-/m0/s1. The van der Waals surface area contributed by atoms with Gasteiger partial charge in [-0.05, 0) is 79.6 Å². The van der Waals surface area contributed by atoms with Crippen molar-refractivity contribution in [2.75, 3.05) is 43.5 Å². The fourth-order valence-electron chi connectivity index (χ4n) is 6.47. The first kappa shape index (κ1) is 32.4. The first-order valence-electron chi connectivity index (χ1n) is 16.3. The normalized spacial score (nSPS) is 15.9. The van der Waals surface area contributed by atoms with E-state index in [-0.39, 0.29) is 23.1 Å². The van der Waals surface area contributed by atoms with E-state index in [0.29, 0.717) is 35.4 Å². The number of benzene rings is 3. The lowest BCUT2D eigenvalue weighted by Crippen LogP contribution is -2.37. The zero-order valence-corrected chi connectivity index (χ0v) is 27.8. The Morgan fingerprint density at radius 2 is 1.72 bits per heavy atom. The number of hydrogen-bond acceptors (Lipinski definition) is 6. The average molecular weight is 653 g/mol. The van der Waals surface area contributed by atoms with Gasteiger partial charge >= 0.3 is 0 Å². The molecular formula is C38H41ClN4O4. The zero-order valence-electron chi connectivity index (χ0n) is 27.0. The maximum absolute atomic E-state index is 13.5. The fraction of sp³-hybridized carbons (Fsp3) is 0.342. The van der Waals surface area contributed by atoms with Crippen molar-refractivity contribution in [3.05, 3.63) is 117 Å². The van der Waals surface area contributed by atoms with Crippen LogP contribution in [0.1, 0.15) is 53.8 Å². The summed E-state index contributed by atoms with van der Waals surface area (Å²) in [6, 6.07) is 22.3. The van der Waals surface area contributed by atoms with Gasteiger partial charge in [0.25, 0.3) is 5.91 Å². The van der Waals surface area contributed by atoms with E-state index >= 15 is 0 Å². The molecule has 6 rings (SSSR count). The van der Waals surface area contributed by atoms with Crippen molar-refractivity contribution < 1.29 is 14.0 Å². The summed E-state index contributed by atoms with van der Waals surface area (Å²) in [5.41, 5.74) is 5.65. The third-order valence-electron chi connectivity index (χ3n) is 9.09. The van der Waals surface area contributed by atoms with E-state index in [1.165, 1.54) is 22.9 Å². The van der Waals surface area contributed by atoms with Gasteiger partial charge in [-0.3, -0.25) is 14.4 Å². The van der Waals surface area contributed by atoms with Gasteiger partial charge in [-0.1, -0.05) is 53.6 Å². The first-order valence-corrected chi connectivity index (χ1v) is 16.7. The predicted octanol–water partition coefficient (Wildman–Crippen LogP) is 6.59. The Kier molecular flexibility index (Phi) is 9.97. The molecule has 1 N–H and O–H groups in total. The highest BCUT2D eigenvalue weighted by molar-refractivity contribution is 6.30. The van der Waals surface area contributed by atoms with Gasteiger partial charge in [0, 0.05) is 69.2 Å². The highest BCUT2D eigenvalue weighted by Crippen LogP contribution is 2.29. The smallest absolute Gasteiger partial charge is 0.287 e. The molecule has 244 valence electrons. The van der Waals surface area contributed by atoms with Crippen molar-refractivity contribution in [3.63, 3.8) is 0 Å². The quantitative estimate of drug-likeness (QED) is 0.205. The predicted molar refractivity (Wildman–Crippen MR) is 188 cm³/mol. The number of rotatable bonds is 9. The van der Waals surface area contributed by atoms with Crippen LogP contribution in [0.5, 0.6) is 0 Å². The summed E-state index contributed by atoms with van der Waals surface area (Å²) in [5.74, 6) is -0.210. The summed E-state index contributed by atoms with van der Waals surface area (Å²) in [5, 5.41) is 4.21. The molecule has 1 aromatic heterocycles. The Balaban J connectivity index is 1.19. The van der Waals surface area contributed by atoms with Crippen LogP contribution in [-0.4, -0.2) is 56.5 Å². The molecular weight excluding hydrogens is 612 g/mol. The van der Waals surface area contributed by atoms with Crippen LogP contribution in [0.25, 0.3) is 11.0 Å². The van der Waals surface area contributed by atoms with Crippen LogP contribution < -0.4 is 20.5 Å². The van der Waals surface area contributed by atoms with Crippen LogP contribution in [0.2, 0.25) is 5.02 Å². The molecule has 8 nitrogen and oxygen atoms in total. The minimum absolute atomic E-state index is 0.0155. The van der Waals surface area contributed by atoms with E-state index in [2.05, 4.69) is 34.5 Å². The van der Waals surface area contributed by atoms with Gasteiger partial charge < -0.3 is 24.4 Å². The number of likely N-dealkylation sites (tertiary alicyclic amines) is 1. The van der Waals surface area contributed by atoms with Crippen LogP contribution >= 0.6 is 11.6 Å². The summed E-state index contributed by atoms with van der Waals surface area (Å²) in [4.78, 5) is 45.3. The van der Waals surface area contributed by atoms with Crippen LogP contribution in [0, 0.1) is 0 Å². The average Bonchev–Trinajstić information content (AvgIpc) is 3.07. The molecule has 0 saturated carbocycles. The van der Waals surface area contributed by atoms with Crippen molar-refractivity contribution >= 4 is 45.8 Å². The number of nitrogens with one attached hydrogen (secondary N) is 1. The Bertz CT molecular complexity index is 1840. The van der Waals surface area contributed by atoms with E-state index in [1.54, 1.807) is 12.1 Å². The van der Waals surface area contributed by atoms with Gasteiger partial charge in [-0.15, -0.1) is 0 Å². The Labute approximate surface area is 280 Å². The number of hydrogen-bond donors (Lipinski definition) is 1. The molecule has 0 radical (unpaired) electrons. The van der Waals surface area contributed by atoms with Gasteiger partial charge in [0.1, 0.15) is 5.58 Å². The second kappa shape index (κ2) is 14.5. The largest absolute Gasteiger partial charge is 0.451 e. The number of piperidine rings is 2. The minimum atomic E-state index is -0.435. The fourth-order valence-corrected chi connectivity index (χ4v) is 6.60. The number of anilines is 2. The summed E-state index contributed by atoms with van der Waals surface area (Å²) < 4.78 is 5.93. The van der Waals surface area contributed by atoms with Crippen molar-refractivity contribution in [2.45, 2.75) is 51.1 Å².